The van der Waals surface area contributed by atoms with E-state index in [0.29, 0.717) is 5.92 Å². The predicted octanol–water partition coefficient (Wildman–Crippen LogP) is -0.167. The van der Waals surface area contributed by atoms with Crippen molar-refractivity contribution in [3.63, 3.8) is 0 Å². The number of nitrogens with zero attached hydrogens (tertiary/aromatic N) is 4. The second-order valence-corrected chi connectivity index (χ2v) is 7.08. The summed E-state index contributed by atoms with van der Waals surface area (Å²) in [5, 5.41) is 4.24. The Kier molecular flexibility index (Phi) is 3.83. The highest BCUT2D eigenvalue weighted by molar-refractivity contribution is 7.89. The Morgan fingerprint density at radius 2 is 2.14 bits per heavy atom. The van der Waals surface area contributed by atoms with Gasteiger partial charge in [0.15, 0.2) is 5.03 Å². The van der Waals surface area contributed by atoms with Crippen molar-refractivity contribution in [2.75, 3.05) is 6.54 Å². The Hall–Kier alpha value is -2.00. The second kappa shape index (κ2) is 5.65. The van der Waals surface area contributed by atoms with Gasteiger partial charge in [-0.15, -0.1) is 0 Å². The summed E-state index contributed by atoms with van der Waals surface area (Å²) in [5.41, 5.74) is 0.661. The van der Waals surface area contributed by atoms with E-state index in [1.54, 1.807) is 17.7 Å². The summed E-state index contributed by atoms with van der Waals surface area (Å²) in [6.45, 7) is 0.269. The molecule has 2 heterocycles. The Balaban J connectivity index is 1.65. The van der Waals surface area contributed by atoms with Crippen LogP contribution < -0.4 is 10.3 Å². The average Bonchev–Trinajstić information content (AvgIpc) is 3.22. The van der Waals surface area contributed by atoms with Crippen LogP contribution in [-0.2, 0) is 23.6 Å². The van der Waals surface area contributed by atoms with Gasteiger partial charge in [0.25, 0.3) is 15.6 Å². The molecule has 1 aliphatic carbocycles. The molecule has 118 valence electrons. The molecule has 1 N–H and O–H groups in total. The molecule has 9 heteroatoms. The van der Waals surface area contributed by atoms with E-state index in [0.717, 1.165) is 18.5 Å². The zero-order valence-corrected chi connectivity index (χ0v) is 13.0. The number of aryl methyl sites for hydroxylation is 1. The van der Waals surface area contributed by atoms with Crippen LogP contribution in [-0.4, -0.2) is 34.3 Å². The number of rotatable bonds is 6. The quantitative estimate of drug-likeness (QED) is 0.796. The van der Waals surface area contributed by atoms with Gasteiger partial charge in [0.1, 0.15) is 0 Å². The fourth-order valence-electron chi connectivity index (χ4n) is 2.11. The number of hydrogen-bond donors (Lipinski definition) is 1. The molecule has 0 saturated heterocycles. The van der Waals surface area contributed by atoms with Gasteiger partial charge in [-0.1, -0.05) is 0 Å². The lowest BCUT2D eigenvalue weighted by atomic mass is 10.3. The van der Waals surface area contributed by atoms with Crippen molar-refractivity contribution in [2.24, 2.45) is 7.05 Å². The molecule has 1 saturated carbocycles. The number of nitrogens with one attached hydrogen (secondary N) is 1. The molecule has 0 aliphatic heterocycles. The van der Waals surface area contributed by atoms with E-state index in [1.165, 1.54) is 23.3 Å². The molecular formula is C13H17N5O3S. The summed E-state index contributed by atoms with van der Waals surface area (Å²) in [6.07, 6.45) is 5.02. The van der Waals surface area contributed by atoms with Crippen LogP contribution in [0.2, 0.25) is 0 Å². The summed E-state index contributed by atoms with van der Waals surface area (Å²) >= 11 is 0. The molecule has 2 aromatic rings. The third-order valence-corrected chi connectivity index (χ3v) is 4.80. The lowest BCUT2D eigenvalue weighted by molar-refractivity contribution is 0.539. The van der Waals surface area contributed by atoms with E-state index in [-0.39, 0.29) is 23.7 Å². The lowest BCUT2D eigenvalue weighted by Gasteiger charge is -2.07. The fourth-order valence-corrected chi connectivity index (χ4v) is 3.11. The van der Waals surface area contributed by atoms with Crippen LogP contribution in [0.1, 0.15) is 24.5 Å². The number of sulfonamides is 1. The minimum Gasteiger partial charge on any atom is -0.339 e. The molecule has 3 rings (SSSR count). The Morgan fingerprint density at radius 1 is 1.36 bits per heavy atom. The highest BCUT2D eigenvalue weighted by Gasteiger charge is 2.25. The third-order valence-electron chi connectivity index (χ3n) is 3.46. The van der Waals surface area contributed by atoms with Crippen LogP contribution >= 0.6 is 0 Å². The fraction of sp³-hybridized carbons (Fsp3) is 0.462. The van der Waals surface area contributed by atoms with E-state index in [4.69, 9.17) is 0 Å². The first-order chi connectivity index (χ1) is 10.5. The lowest BCUT2D eigenvalue weighted by Crippen LogP contribution is -2.32. The predicted molar refractivity (Wildman–Crippen MR) is 78.9 cm³/mol. The molecule has 0 unspecified atom stereocenters. The van der Waals surface area contributed by atoms with Crippen molar-refractivity contribution in [2.45, 2.75) is 30.3 Å². The number of aromatic nitrogens is 4. The largest absolute Gasteiger partial charge is 0.339 e. The van der Waals surface area contributed by atoms with E-state index in [2.05, 4.69) is 14.8 Å². The Morgan fingerprint density at radius 3 is 2.77 bits per heavy atom. The molecule has 0 atom stereocenters. The maximum Gasteiger partial charge on any atom is 0.266 e. The molecular weight excluding hydrogens is 306 g/mol. The monoisotopic (exact) mass is 323 g/mol. The van der Waals surface area contributed by atoms with Gasteiger partial charge < -0.3 is 4.57 Å². The Bertz CT molecular complexity index is 835. The normalized spacial score (nSPS) is 15.1. The van der Waals surface area contributed by atoms with Crippen molar-refractivity contribution in [1.82, 2.24) is 24.1 Å². The molecule has 0 amide bonds. The molecule has 0 bridgehead atoms. The topological polar surface area (TPSA) is 98.9 Å². The minimum absolute atomic E-state index is 0.0398. The smallest absolute Gasteiger partial charge is 0.266 e. The summed E-state index contributed by atoms with van der Waals surface area (Å²) < 4.78 is 29.3. The second-order valence-electron chi connectivity index (χ2n) is 5.37. The summed E-state index contributed by atoms with van der Waals surface area (Å²) in [4.78, 5) is 15.6. The van der Waals surface area contributed by atoms with Crippen LogP contribution in [0.15, 0.2) is 34.5 Å². The zero-order chi connectivity index (χ0) is 15.7. The van der Waals surface area contributed by atoms with Gasteiger partial charge in [-0.25, -0.2) is 22.8 Å². The molecule has 0 radical (unpaired) electrons. The van der Waals surface area contributed by atoms with Gasteiger partial charge >= 0.3 is 0 Å². The maximum atomic E-state index is 12.0. The van der Waals surface area contributed by atoms with E-state index in [1.807, 2.05) is 0 Å². The molecule has 1 fully saturated rings. The molecule has 0 aromatic carbocycles. The van der Waals surface area contributed by atoms with E-state index < -0.39 is 10.0 Å². The van der Waals surface area contributed by atoms with Crippen LogP contribution in [0.3, 0.4) is 0 Å². The standard InChI is InChI=1S/C13H17N5O3S/c1-17-8-12(14-9-17)22(20,21)15-6-7-18-13(19)5-4-11(16-18)10-2-3-10/h4-5,8-10,15H,2-3,6-7H2,1H3. The van der Waals surface area contributed by atoms with Crippen molar-refractivity contribution < 1.29 is 8.42 Å². The highest BCUT2D eigenvalue weighted by atomic mass is 32.2. The summed E-state index contributed by atoms with van der Waals surface area (Å²) in [7, 11) is -1.97. The molecule has 22 heavy (non-hydrogen) atoms. The molecule has 2 aromatic heterocycles. The van der Waals surface area contributed by atoms with Crippen molar-refractivity contribution in [3.8, 4) is 0 Å². The third kappa shape index (κ3) is 3.25. The number of imidazole rings is 1. The van der Waals surface area contributed by atoms with Crippen molar-refractivity contribution in [3.05, 3.63) is 40.7 Å². The maximum absolute atomic E-state index is 12.0. The van der Waals surface area contributed by atoms with Gasteiger partial charge in [0.05, 0.1) is 18.6 Å². The van der Waals surface area contributed by atoms with Crippen molar-refractivity contribution >= 4 is 10.0 Å². The highest BCUT2D eigenvalue weighted by Crippen LogP contribution is 2.38. The average molecular weight is 323 g/mol. The molecule has 0 spiro atoms. The van der Waals surface area contributed by atoms with E-state index in [9.17, 15) is 13.2 Å². The van der Waals surface area contributed by atoms with Crippen LogP contribution in [0.5, 0.6) is 0 Å². The number of hydrogen-bond acceptors (Lipinski definition) is 5. The first-order valence-corrected chi connectivity index (χ1v) is 8.50. The van der Waals surface area contributed by atoms with Crippen molar-refractivity contribution in [1.29, 1.82) is 0 Å². The summed E-state index contributed by atoms with van der Waals surface area (Å²) in [5.74, 6) is 0.442. The van der Waals surface area contributed by atoms with E-state index >= 15 is 0 Å². The minimum atomic E-state index is -3.66. The van der Waals surface area contributed by atoms with Crippen LogP contribution in [0.25, 0.3) is 0 Å². The van der Waals surface area contributed by atoms with Gasteiger partial charge in [-0.2, -0.15) is 5.10 Å². The zero-order valence-electron chi connectivity index (χ0n) is 12.1. The molecule has 1 aliphatic rings. The van der Waals surface area contributed by atoms with Crippen LogP contribution in [0.4, 0.5) is 0 Å². The Labute approximate surface area is 127 Å². The van der Waals surface area contributed by atoms with Gasteiger partial charge in [-0.3, -0.25) is 4.79 Å². The SMILES string of the molecule is Cn1cnc(S(=O)(=O)NCCn2nc(C3CC3)ccc2=O)c1. The van der Waals surface area contributed by atoms with Gasteiger partial charge in [0, 0.05) is 31.8 Å². The first-order valence-electron chi connectivity index (χ1n) is 7.01. The first kappa shape index (κ1) is 14.9. The van der Waals surface area contributed by atoms with Gasteiger partial charge in [-0.05, 0) is 18.9 Å². The van der Waals surface area contributed by atoms with Gasteiger partial charge in [0.2, 0.25) is 0 Å². The summed E-state index contributed by atoms with van der Waals surface area (Å²) in [6, 6.07) is 3.22. The molecule has 8 nitrogen and oxygen atoms in total. The van der Waals surface area contributed by atoms with Crippen LogP contribution in [0, 0.1) is 0 Å².